The molecule has 0 bridgehead atoms. The predicted molar refractivity (Wildman–Crippen MR) is 199 cm³/mol. The standard InChI is InChI=1S/C38H63N7O7/c1-23(2)19-29(42-33(46)27(40)22-26-13-8-7-9-14-26)35(48)44-31(21-25(5)6)37(50)45-18-12-16-32(45)36(49)43-30(20-24(3)4)34(47)41-28(38(51)52)15-10-11-17-39/h7-9,13-14,23-25,27-32H,10-12,15-22,39-40H2,1-6H3,(H,41,47)(H,42,46)(H,43,49)(H,44,48)(H,51,52)/t27-,28-,29-,30-,31-,32-/m0/s1. The number of nitrogens with one attached hydrogen (secondary N) is 4. The van der Waals surface area contributed by atoms with Gasteiger partial charge in [-0.1, -0.05) is 71.9 Å². The first-order valence-electron chi connectivity index (χ1n) is 18.8. The lowest BCUT2D eigenvalue weighted by Crippen LogP contribution is -2.59. The van der Waals surface area contributed by atoms with Crippen LogP contribution in [0, 0.1) is 17.8 Å². The monoisotopic (exact) mass is 729 g/mol. The van der Waals surface area contributed by atoms with Gasteiger partial charge in [0.1, 0.15) is 30.2 Å². The van der Waals surface area contributed by atoms with E-state index in [4.69, 9.17) is 11.5 Å². The van der Waals surface area contributed by atoms with E-state index < -0.39 is 71.8 Å². The Morgan fingerprint density at radius 1 is 0.750 bits per heavy atom. The van der Waals surface area contributed by atoms with Crippen molar-refractivity contribution in [1.82, 2.24) is 26.2 Å². The number of carboxylic acid groups (broad SMARTS) is 1. The van der Waals surface area contributed by atoms with E-state index in [1.165, 1.54) is 4.90 Å². The summed E-state index contributed by atoms with van der Waals surface area (Å²) in [5.41, 5.74) is 12.6. The number of unbranched alkanes of at least 4 members (excludes halogenated alkanes) is 1. The van der Waals surface area contributed by atoms with Crippen LogP contribution in [0.5, 0.6) is 0 Å². The lowest BCUT2D eigenvalue weighted by atomic mass is 9.98. The molecule has 0 unspecified atom stereocenters. The molecule has 0 aliphatic carbocycles. The van der Waals surface area contributed by atoms with Crippen molar-refractivity contribution in [2.45, 2.75) is 136 Å². The molecule has 9 N–H and O–H groups in total. The lowest BCUT2D eigenvalue weighted by molar-refractivity contribution is -0.144. The second-order valence-corrected chi connectivity index (χ2v) is 15.2. The number of amides is 5. The van der Waals surface area contributed by atoms with Crippen molar-refractivity contribution in [1.29, 1.82) is 0 Å². The largest absolute Gasteiger partial charge is 0.480 e. The van der Waals surface area contributed by atoms with Gasteiger partial charge >= 0.3 is 5.97 Å². The molecule has 1 fully saturated rings. The normalized spacial score (nSPS) is 17.3. The molecule has 14 nitrogen and oxygen atoms in total. The predicted octanol–water partition coefficient (Wildman–Crippen LogP) is 1.84. The van der Waals surface area contributed by atoms with Crippen LogP contribution in [0.3, 0.4) is 0 Å². The summed E-state index contributed by atoms with van der Waals surface area (Å²) in [6, 6.07) is 3.54. The van der Waals surface area contributed by atoms with Gasteiger partial charge in [0.15, 0.2) is 0 Å². The highest BCUT2D eigenvalue weighted by Gasteiger charge is 2.40. The zero-order valence-electron chi connectivity index (χ0n) is 31.9. The molecule has 1 aliphatic rings. The molecule has 292 valence electrons. The molecule has 6 atom stereocenters. The van der Waals surface area contributed by atoms with Crippen molar-refractivity contribution in [2.24, 2.45) is 29.2 Å². The fourth-order valence-electron chi connectivity index (χ4n) is 6.40. The van der Waals surface area contributed by atoms with Crippen molar-refractivity contribution in [3.8, 4) is 0 Å². The van der Waals surface area contributed by atoms with Crippen molar-refractivity contribution in [3.63, 3.8) is 0 Å². The van der Waals surface area contributed by atoms with Crippen molar-refractivity contribution in [3.05, 3.63) is 35.9 Å². The molecule has 0 aromatic heterocycles. The SMILES string of the molecule is CC(C)C[C@H](NC(=O)[C@@H](N)Cc1ccccc1)C(=O)N[C@@H](CC(C)C)C(=O)N1CCC[C@H]1C(=O)N[C@@H](CC(C)C)C(=O)N[C@@H](CCCCN)C(=O)O. The summed E-state index contributed by atoms with van der Waals surface area (Å²) in [5, 5.41) is 20.7. The van der Waals surface area contributed by atoms with Gasteiger partial charge < -0.3 is 42.7 Å². The third-order valence-corrected chi connectivity index (χ3v) is 9.04. The minimum atomic E-state index is -1.17. The molecule has 1 saturated heterocycles. The number of carbonyl (C=O) groups excluding carboxylic acids is 5. The summed E-state index contributed by atoms with van der Waals surface area (Å²) >= 11 is 0. The number of nitrogens with two attached hydrogens (primary N) is 2. The molecule has 5 amide bonds. The maximum absolute atomic E-state index is 14.1. The molecular weight excluding hydrogens is 666 g/mol. The van der Waals surface area contributed by atoms with Crippen LogP contribution in [0.25, 0.3) is 0 Å². The van der Waals surface area contributed by atoms with E-state index in [1.54, 1.807) is 0 Å². The molecule has 1 aromatic rings. The summed E-state index contributed by atoms with van der Waals surface area (Å²) in [4.78, 5) is 81.4. The highest BCUT2D eigenvalue weighted by Crippen LogP contribution is 2.22. The van der Waals surface area contributed by atoms with Crippen molar-refractivity contribution < 1.29 is 33.9 Å². The molecule has 0 radical (unpaired) electrons. The van der Waals surface area contributed by atoms with Crippen LogP contribution in [0.15, 0.2) is 30.3 Å². The van der Waals surface area contributed by atoms with Crippen LogP contribution in [-0.4, -0.2) is 94.9 Å². The van der Waals surface area contributed by atoms with Gasteiger partial charge in [0.25, 0.3) is 0 Å². The van der Waals surface area contributed by atoms with Gasteiger partial charge in [-0.25, -0.2) is 4.79 Å². The van der Waals surface area contributed by atoms with Gasteiger partial charge in [-0.15, -0.1) is 0 Å². The van der Waals surface area contributed by atoms with Crippen LogP contribution in [0.2, 0.25) is 0 Å². The fraction of sp³-hybridized carbons (Fsp3) is 0.684. The number of carboxylic acids is 1. The Hall–Kier alpha value is -4.04. The fourth-order valence-corrected chi connectivity index (χ4v) is 6.40. The molecule has 1 aromatic carbocycles. The molecule has 0 saturated carbocycles. The quantitative estimate of drug-likeness (QED) is 0.0864. The summed E-state index contributed by atoms with van der Waals surface area (Å²) in [7, 11) is 0. The molecular formula is C38H63N7O7. The number of carbonyl (C=O) groups is 6. The van der Waals surface area contributed by atoms with Gasteiger partial charge in [0.2, 0.25) is 29.5 Å². The number of hydrogen-bond acceptors (Lipinski definition) is 8. The average Bonchev–Trinajstić information content (AvgIpc) is 3.56. The van der Waals surface area contributed by atoms with Crippen LogP contribution in [0.4, 0.5) is 0 Å². The summed E-state index contributed by atoms with van der Waals surface area (Å²) in [6.45, 7) is 12.2. The Balaban J connectivity index is 2.20. The molecule has 52 heavy (non-hydrogen) atoms. The van der Waals surface area contributed by atoms with E-state index >= 15 is 0 Å². The second-order valence-electron chi connectivity index (χ2n) is 15.2. The van der Waals surface area contributed by atoms with Gasteiger partial charge in [0.05, 0.1) is 6.04 Å². The van der Waals surface area contributed by atoms with E-state index in [9.17, 15) is 33.9 Å². The molecule has 1 heterocycles. The number of hydrogen-bond donors (Lipinski definition) is 7. The maximum atomic E-state index is 14.1. The summed E-state index contributed by atoms with van der Waals surface area (Å²) < 4.78 is 0. The first kappa shape index (κ1) is 44.1. The zero-order valence-corrected chi connectivity index (χ0v) is 31.9. The number of nitrogens with zero attached hydrogens (tertiary/aromatic N) is 1. The van der Waals surface area contributed by atoms with Crippen LogP contribution >= 0.6 is 0 Å². The van der Waals surface area contributed by atoms with Gasteiger partial charge in [0, 0.05) is 6.54 Å². The Kier molecular flexibility index (Phi) is 18.8. The van der Waals surface area contributed by atoms with Crippen molar-refractivity contribution in [2.75, 3.05) is 13.1 Å². The Labute approximate surface area is 309 Å². The minimum absolute atomic E-state index is 0.00400. The minimum Gasteiger partial charge on any atom is -0.480 e. The molecule has 14 heteroatoms. The highest BCUT2D eigenvalue weighted by atomic mass is 16.4. The van der Waals surface area contributed by atoms with E-state index in [0.29, 0.717) is 51.5 Å². The Morgan fingerprint density at radius 3 is 1.81 bits per heavy atom. The number of aliphatic carboxylic acids is 1. The third kappa shape index (κ3) is 14.9. The summed E-state index contributed by atoms with van der Waals surface area (Å²) in [5.74, 6) is -3.66. The smallest absolute Gasteiger partial charge is 0.326 e. The Morgan fingerprint density at radius 2 is 1.27 bits per heavy atom. The zero-order chi connectivity index (χ0) is 39.0. The van der Waals surface area contributed by atoms with E-state index in [-0.39, 0.29) is 37.1 Å². The first-order valence-corrected chi connectivity index (χ1v) is 18.8. The van der Waals surface area contributed by atoms with Gasteiger partial charge in [-0.2, -0.15) is 0 Å². The van der Waals surface area contributed by atoms with Crippen molar-refractivity contribution >= 4 is 35.5 Å². The lowest BCUT2D eigenvalue weighted by Gasteiger charge is -2.32. The number of rotatable bonds is 22. The van der Waals surface area contributed by atoms with Gasteiger partial charge in [-0.3, -0.25) is 24.0 Å². The number of likely N-dealkylation sites (tertiary alicyclic amines) is 1. The average molecular weight is 730 g/mol. The summed E-state index contributed by atoms with van der Waals surface area (Å²) in [6.07, 6.45) is 3.42. The van der Waals surface area contributed by atoms with E-state index in [2.05, 4.69) is 21.3 Å². The third-order valence-electron chi connectivity index (χ3n) is 9.04. The van der Waals surface area contributed by atoms with E-state index in [0.717, 1.165) is 5.56 Å². The molecule has 2 rings (SSSR count). The van der Waals surface area contributed by atoms with Gasteiger partial charge in [-0.05, 0) is 87.6 Å². The maximum Gasteiger partial charge on any atom is 0.326 e. The first-order chi connectivity index (χ1) is 24.5. The molecule has 1 aliphatic heterocycles. The topological polar surface area (TPSA) is 226 Å². The van der Waals surface area contributed by atoms with Crippen LogP contribution in [-0.2, 0) is 35.2 Å². The second kappa shape index (κ2) is 22.1. The van der Waals surface area contributed by atoms with Crippen LogP contribution < -0.4 is 32.7 Å². The Bertz CT molecular complexity index is 1320. The van der Waals surface area contributed by atoms with E-state index in [1.807, 2.05) is 71.9 Å². The number of benzene rings is 1. The molecule has 0 spiro atoms. The highest BCUT2D eigenvalue weighted by molar-refractivity contribution is 5.96. The van der Waals surface area contributed by atoms with Crippen LogP contribution in [0.1, 0.15) is 98.5 Å².